The zero-order chi connectivity index (χ0) is 12.5. The zero-order valence-electron chi connectivity index (χ0n) is 9.96. The lowest BCUT2D eigenvalue weighted by atomic mass is 10.1. The number of hydrogen-bond donors (Lipinski definition) is 1. The number of nitrogens with two attached hydrogens (primary N) is 1. The topological polar surface area (TPSA) is 63.4 Å². The molecular weight excluding hydrogens is 236 g/mol. The molecule has 1 unspecified atom stereocenters. The van der Waals surface area contributed by atoms with Crippen molar-refractivity contribution in [3.8, 4) is 0 Å². The highest BCUT2D eigenvalue weighted by atomic mass is 32.2. The predicted molar refractivity (Wildman–Crippen MR) is 69.9 cm³/mol. The molecule has 0 aromatic heterocycles. The van der Waals surface area contributed by atoms with Crippen LogP contribution in [0.2, 0.25) is 0 Å². The Morgan fingerprint density at radius 2 is 1.82 bits per heavy atom. The van der Waals surface area contributed by atoms with E-state index in [0.717, 1.165) is 11.3 Å². The van der Waals surface area contributed by atoms with Crippen LogP contribution in [0.4, 0.5) is 5.69 Å². The van der Waals surface area contributed by atoms with Crippen molar-refractivity contribution in [2.24, 2.45) is 5.73 Å². The number of para-hydroxylation sites is 1. The van der Waals surface area contributed by atoms with E-state index in [1.54, 1.807) is 0 Å². The van der Waals surface area contributed by atoms with Crippen molar-refractivity contribution in [2.75, 3.05) is 29.5 Å². The van der Waals surface area contributed by atoms with Crippen molar-refractivity contribution in [3.63, 3.8) is 0 Å². The number of nitrogens with zero attached hydrogens (tertiary/aromatic N) is 1. The number of rotatable bonds is 2. The molecule has 1 heterocycles. The fourth-order valence-electron chi connectivity index (χ4n) is 2.11. The second-order valence-electron chi connectivity index (χ2n) is 4.49. The van der Waals surface area contributed by atoms with E-state index in [-0.39, 0.29) is 17.5 Å². The average Bonchev–Trinajstić information content (AvgIpc) is 2.29. The van der Waals surface area contributed by atoms with E-state index in [9.17, 15) is 8.42 Å². The third-order valence-corrected chi connectivity index (χ3v) is 4.72. The summed E-state index contributed by atoms with van der Waals surface area (Å²) in [6.07, 6.45) is 0. The van der Waals surface area contributed by atoms with Crippen molar-refractivity contribution in [3.05, 3.63) is 29.8 Å². The Morgan fingerprint density at radius 3 is 2.41 bits per heavy atom. The summed E-state index contributed by atoms with van der Waals surface area (Å²) < 4.78 is 22.8. The summed E-state index contributed by atoms with van der Waals surface area (Å²) in [7, 11) is -2.83. The first kappa shape index (κ1) is 12.4. The molecule has 0 spiro atoms. The maximum atomic E-state index is 11.4. The van der Waals surface area contributed by atoms with E-state index in [1.165, 1.54) is 0 Å². The third-order valence-electron chi connectivity index (χ3n) is 3.11. The standard InChI is InChI=1S/C12H18N2O2S/c1-10(13)11-4-2-3-5-12(11)14-6-8-17(15,16)9-7-14/h2-5,10H,6-9,13H2,1H3. The van der Waals surface area contributed by atoms with Crippen molar-refractivity contribution in [1.82, 2.24) is 0 Å². The van der Waals surface area contributed by atoms with Crippen molar-refractivity contribution in [2.45, 2.75) is 13.0 Å². The lowest BCUT2D eigenvalue weighted by Crippen LogP contribution is -2.40. The lowest BCUT2D eigenvalue weighted by Gasteiger charge is -2.31. The molecule has 1 aliphatic rings. The Bertz CT molecular complexity index is 483. The maximum absolute atomic E-state index is 11.4. The summed E-state index contributed by atoms with van der Waals surface area (Å²) >= 11 is 0. The second-order valence-corrected chi connectivity index (χ2v) is 6.79. The Balaban J connectivity index is 2.24. The molecule has 1 aromatic rings. The first-order valence-electron chi connectivity index (χ1n) is 5.79. The van der Waals surface area contributed by atoms with Gasteiger partial charge in [-0.05, 0) is 18.6 Å². The summed E-state index contributed by atoms with van der Waals surface area (Å²) in [4.78, 5) is 2.11. The summed E-state index contributed by atoms with van der Waals surface area (Å²) in [5.41, 5.74) is 8.07. The predicted octanol–water partition coefficient (Wildman–Crippen LogP) is 0.941. The van der Waals surface area contributed by atoms with Crippen LogP contribution in [0.1, 0.15) is 18.5 Å². The number of hydrogen-bond acceptors (Lipinski definition) is 4. The van der Waals surface area contributed by atoms with E-state index in [4.69, 9.17) is 5.73 Å². The number of anilines is 1. The molecule has 0 bridgehead atoms. The molecule has 1 atom stereocenters. The first-order valence-corrected chi connectivity index (χ1v) is 7.61. The SMILES string of the molecule is CC(N)c1ccccc1N1CCS(=O)(=O)CC1. The fraction of sp³-hybridized carbons (Fsp3) is 0.500. The Morgan fingerprint density at radius 1 is 1.24 bits per heavy atom. The Hall–Kier alpha value is -1.07. The van der Waals surface area contributed by atoms with Crippen LogP contribution in [0.25, 0.3) is 0 Å². The summed E-state index contributed by atoms with van der Waals surface area (Å²) in [5.74, 6) is 0.473. The lowest BCUT2D eigenvalue weighted by molar-refractivity contribution is 0.586. The van der Waals surface area contributed by atoms with Crippen LogP contribution < -0.4 is 10.6 Å². The van der Waals surface area contributed by atoms with Crippen LogP contribution in [0.3, 0.4) is 0 Å². The molecular formula is C12H18N2O2S. The number of benzene rings is 1. The summed E-state index contributed by atoms with van der Waals surface area (Å²) in [6, 6.07) is 7.90. The van der Waals surface area contributed by atoms with E-state index >= 15 is 0 Å². The normalized spacial score (nSPS) is 21.2. The smallest absolute Gasteiger partial charge is 0.153 e. The van der Waals surface area contributed by atoms with Gasteiger partial charge in [0, 0.05) is 24.8 Å². The van der Waals surface area contributed by atoms with Gasteiger partial charge in [-0.25, -0.2) is 8.42 Å². The molecule has 0 radical (unpaired) electrons. The van der Waals surface area contributed by atoms with Crippen LogP contribution in [-0.4, -0.2) is 33.0 Å². The van der Waals surface area contributed by atoms with Gasteiger partial charge in [-0.15, -0.1) is 0 Å². The summed E-state index contributed by atoms with van der Waals surface area (Å²) in [6.45, 7) is 3.07. The van der Waals surface area contributed by atoms with Crippen LogP contribution in [0.15, 0.2) is 24.3 Å². The molecule has 4 nitrogen and oxygen atoms in total. The highest BCUT2D eigenvalue weighted by Gasteiger charge is 2.23. The van der Waals surface area contributed by atoms with Crippen molar-refractivity contribution >= 4 is 15.5 Å². The number of sulfone groups is 1. The molecule has 1 saturated heterocycles. The average molecular weight is 254 g/mol. The van der Waals surface area contributed by atoms with E-state index in [2.05, 4.69) is 4.90 Å². The van der Waals surface area contributed by atoms with Crippen molar-refractivity contribution < 1.29 is 8.42 Å². The van der Waals surface area contributed by atoms with E-state index < -0.39 is 9.84 Å². The zero-order valence-corrected chi connectivity index (χ0v) is 10.8. The van der Waals surface area contributed by atoms with Gasteiger partial charge in [-0.1, -0.05) is 18.2 Å². The summed E-state index contributed by atoms with van der Waals surface area (Å²) in [5, 5.41) is 0. The van der Waals surface area contributed by atoms with E-state index in [1.807, 2.05) is 31.2 Å². The van der Waals surface area contributed by atoms with Gasteiger partial charge in [0.25, 0.3) is 0 Å². The third kappa shape index (κ3) is 2.79. The minimum absolute atomic E-state index is 0.0373. The monoisotopic (exact) mass is 254 g/mol. The van der Waals surface area contributed by atoms with Crippen molar-refractivity contribution in [1.29, 1.82) is 0 Å². The quantitative estimate of drug-likeness (QED) is 0.853. The van der Waals surface area contributed by atoms with Gasteiger partial charge < -0.3 is 10.6 Å². The second kappa shape index (κ2) is 4.66. The molecule has 1 aliphatic heterocycles. The van der Waals surface area contributed by atoms with Gasteiger partial charge in [-0.3, -0.25) is 0 Å². The van der Waals surface area contributed by atoms with Gasteiger partial charge >= 0.3 is 0 Å². The maximum Gasteiger partial charge on any atom is 0.153 e. The molecule has 1 aromatic carbocycles. The van der Waals surface area contributed by atoms with Gasteiger partial charge in [0.15, 0.2) is 9.84 Å². The van der Waals surface area contributed by atoms with Crippen LogP contribution in [-0.2, 0) is 9.84 Å². The highest BCUT2D eigenvalue weighted by molar-refractivity contribution is 7.91. The first-order chi connectivity index (χ1) is 7.99. The van der Waals surface area contributed by atoms with Gasteiger partial charge in [0.2, 0.25) is 0 Å². The Labute approximate surface area is 102 Å². The van der Waals surface area contributed by atoms with Gasteiger partial charge in [0.1, 0.15) is 0 Å². The Kier molecular flexibility index (Phi) is 3.40. The molecule has 0 aliphatic carbocycles. The van der Waals surface area contributed by atoms with Gasteiger partial charge in [0.05, 0.1) is 11.5 Å². The minimum Gasteiger partial charge on any atom is -0.369 e. The molecule has 2 rings (SSSR count). The fourth-order valence-corrected chi connectivity index (χ4v) is 3.32. The molecule has 1 fully saturated rings. The van der Waals surface area contributed by atoms with Crippen LogP contribution >= 0.6 is 0 Å². The molecule has 0 saturated carbocycles. The van der Waals surface area contributed by atoms with Gasteiger partial charge in [-0.2, -0.15) is 0 Å². The molecule has 5 heteroatoms. The molecule has 2 N–H and O–H groups in total. The van der Waals surface area contributed by atoms with Crippen LogP contribution in [0, 0.1) is 0 Å². The minimum atomic E-state index is -2.83. The van der Waals surface area contributed by atoms with E-state index in [0.29, 0.717) is 13.1 Å². The largest absolute Gasteiger partial charge is 0.369 e. The molecule has 17 heavy (non-hydrogen) atoms. The molecule has 94 valence electrons. The highest BCUT2D eigenvalue weighted by Crippen LogP contribution is 2.26. The van der Waals surface area contributed by atoms with Crippen LogP contribution in [0.5, 0.6) is 0 Å². The molecule has 0 amide bonds.